The lowest BCUT2D eigenvalue weighted by Gasteiger charge is -2.22. The van der Waals surface area contributed by atoms with Gasteiger partial charge in [-0.3, -0.25) is 4.40 Å². The van der Waals surface area contributed by atoms with Crippen molar-refractivity contribution in [3.63, 3.8) is 0 Å². The fraction of sp³-hybridized carbons (Fsp3) is 0.192. The number of fused-ring (bicyclic) bond motifs is 2. The van der Waals surface area contributed by atoms with Crippen molar-refractivity contribution in [3.8, 4) is 11.3 Å². The highest BCUT2D eigenvalue weighted by Crippen LogP contribution is 2.33. The topological polar surface area (TPSA) is 54.7 Å². The molecular weight excluding hydrogens is 469 g/mol. The van der Waals surface area contributed by atoms with Gasteiger partial charge in [0.25, 0.3) is 0 Å². The summed E-state index contributed by atoms with van der Waals surface area (Å²) in [6.07, 6.45) is 4.31. The summed E-state index contributed by atoms with van der Waals surface area (Å²) >= 11 is 1.52. The van der Waals surface area contributed by atoms with Crippen LogP contribution in [0.5, 0.6) is 0 Å². The molecule has 6 rings (SSSR count). The van der Waals surface area contributed by atoms with Gasteiger partial charge in [-0.25, -0.2) is 17.8 Å². The predicted molar refractivity (Wildman–Crippen MR) is 133 cm³/mol. The molecule has 3 aromatic carbocycles. The molecule has 0 spiro atoms. The molecule has 0 N–H and O–H groups in total. The van der Waals surface area contributed by atoms with E-state index in [1.807, 2.05) is 46.3 Å². The van der Waals surface area contributed by atoms with Gasteiger partial charge in [0.05, 0.1) is 10.6 Å². The molecule has 172 valence electrons. The highest BCUT2D eigenvalue weighted by Gasteiger charge is 2.38. The molecule has 0 unspecified atom stereocenters. The van der Waals surface area contributed by atoms with Crippen LogP contribution >= 0.6 is 11.3 Å². The molecule has 0 atom stereocenters. The highest BCUT2D eigenvalue weighted by atomic mass is 32.2. The molecule has 0 radical (unpaired) electrons. The molecule has 8 heteroatoms. The lowest BCUT2D eigenvalue weighted by molar-refractivity contribution is 0.405. The van der Waals surface area contributed by atoms with Crippen LogP contribution in [-0.2, 0) is 16.4 Å². The van der Waals surface area contributed by atoms with Crippen molar-refractivity contribution < 1.29 is 12.8 Å². The lowest BCUT2D eigenvalue weighted by atomic mass is 10.1. The number of thiazole rings is 1. The zero-order valence-electron chi connectivity index (χ0n) is 18.3. The van der Waals surface area contributed by atoms with Gasteiger partial charge in [-0.05, 0) is 60.0 Å². The summed E-state index contributed by atoms with van der Waals surface area (Å²) in [6.45, 7) is 0.412. The van der Waals surface area contributed by atoms with E-state index in [0.717, 1.165) is 45.5 Å². The van der Waals surface area contributed by atoms with Gasteiger partial charge in [0.2, 0.25) is 10.0 Å². The van der Waals surface area contributed by atoms with Crippen molar-refractivity contribution >= 4 is 37.1 Å². The largest absolute Gasteiger partial charge is 0.294 e. The summed E-state index contributed by atoms with van der Waals surface area (Å²) in [6, 6.07) is 19.5. The second kappa shape index (κ2) is 8.30. The van der Waals surface area contributed by atoms with Crippen molar-refractivity contribution in [2.75, 3.05) is 6.54 Å². The van der Waals surface area contributed by atoms with Crippen LogP contribution < -0.4 is 0 Å². The molecular formula is C26H22FN3O2S2. The minimum Gasteiger partial charge on any atom is -0.294 e. The van der Waals surface area contributed by atoms with E-state index < -0.39 is 10.0 Å². The first-order valence-electron chi connectivity index (χ1n) is 11.2. The molecule has 0 aliphatic heterocycles. The highest BCUT2D eigenvalue weighted by molar-refractivity contribution is 7.89. The molecule has 1 fully saturated rings. The quantitative estimate of drug-likeness (QED) is 0.291. The first-order valence-corrected chi connectivity index (χ1v) is 13.5. The van der Waals surface area contributed by atoms with Crippen molar-refractivity contribution in [1.29, 1.82) is 0 Å². The van der Waals surface area contributed by atoms with Gasteiger partial charge in [-0.15, -0.1) is 11.3 Å². The smallest absolute Gasteiger partial charge is 0.243 e. The summed E-state index contributed by atoms with van der Waals surface area (Å²) in [5.41, 5.74) is 2.64. The minimum atomic E-state index is -3.60. The SMILES string of the molecule is O=S(=O)(c1ccc2ccccc2c1)N(CCc1csc2nc(-c3ccc(F)cc3)cn12)C1CC1. The summed E-state index contributed by atoms with van der Waals surface area (Å²) in [4.78, 5) is 5.84. The van der Waals surface area contributed by atoms with Gasteiger partial charge < -0.3 is 0 Å². The average molecular weight is 492 g/mol. The van der Waals surface area contributed by atoms with E-state index in [4.69, 9.17) is 0 Å². The Bertz CT molecular complexity index is 1600. The van der Waals surface area contributed by atoms with E-state index in [0.29, 0.717) is 17.9 Å². The average Bonchev–Trinajstić information content (AvgIpc) is 3.47. The molecule has 0 saturated heterocycles. The van der Waals surface area contributed by atoms with Gasteiger partial charge in [-0.1, -0.05) is 30.3 Å². The van der Waals surface area contributed by atoms with Crippen molar-refractivity contribution in [2.24, 2.45) is 0 Å². The lowest BCUT2D eigenvalue weighted by Crippen LogP contribution is -2.35. The molecule has 5 nitrogen and oxygen atoms in total. The fourth-order valence-electron chi connectivity index (χ4n) is 4.32. The van der Waals surface area contributed by atoms with Crippen LogP contribution in [0.25, 0.3) is 27.0 Å². The summed E-state index contributed by atoms with van der Waals surface area (Å²) in [5, 5.41) is 3.98. The first-order chi connectivity index (χ1) is 16.5. The van der Waals surface area contributed by atoms with Crippen LogP contribution in [0, 0.1) is 5.82 Å². The van der Waals surface area contributed by atoms with Gasteiger partial charge >= 0.3 is 0 Å². The molecule has 1 aliphatic rings. The Labute approximate surface area is 201 Å². The third-order valence-electron chi connectivity index (χ3n) is 6.29. The molecule has 1 saturated carbocycles. The number of nitrogens with zero attached hydrogens (tertiary/aromatic N) is 3. The number of hydrogen-bond donors (Lipinski definition) is 0. The number of hydrogen-bond acceptors (Lipinski definition) is 4. The summed E-state index contributed by atoms with van der Waals surface area (Å²) in [7, 11) is -3.60. The second-order valence-electron chi connectivity index (χ2n) is 8.62. The number of sulfonamides is 1. The molecule has 0 amide bonds. The van der Waals surface area contributed by atoms with Crippen LogP contribution in [0.3, 0.4) is 0 Å². The monoisotopic (exact) mass is 491 g/mol. The second-order valence-corrected chi connectivity index (χ2v) is 11.3. The zero-order chi connectivity index (χ0) is 23.3. The Hall–Kier alpha value is -3.07. The summed E-state index contributed by atoms with van der Waals surface area (Å²) in [5.74, 6) is -0.279. The Morgan fingerprint density at radius 2 is 1.79 bits per heavy atom. The van der Waals surface area contributed by atoms with Crippen molar-refractivity contribution in [3.05, 3.63) is 89.8 Å². The van der Waals surface area contributed by atoms with Gasteiger partial charge in [0.1, 0.15) is 5.82 Å². The Morgan fingerprint density at radius 3 is 2.56 bits per heavy atom. The molecule has 2 heterocycles. The minimum absolute atomic E-state index is 0.0585. The van der Waals surface area contributed by atoms with E-state index in [1.165, 1.54) is 23.5 Å². The number of benzene rings is 3. The molecule has 1 aliphatic carbocycles. The third-order valence-corrected chi connectivity index (χ3v) is 9.13. The van der Waals surface area contributed by atoms with E-state index in [2.05, 4.69) is 4.98 Å². The maximum absolute atomic E-state index is 13.6. The van der Waals surface area contributed by atoms with Crippen LogP contribution in [0.1, 0.15) is 18.5 Å². The van der Waals surface area contributed by atoms with E-state index in [-0.39, 0.29) is 11.9 Å². The van der Waals surface area contributed by atoms with Crippen molar-refractivity contribution in [1.82, 2.24) is 13.7 Å². The van der Waals surface area contributed by atoms with Gasteiger partial charge in [-0.2, -0.15) is 4.31 Å². The van der Waals surface area contributed by atoms with E-state index in [1.54, 1.807) is 28.6 Å². The maximum Gasteiger partial charge on any atom is 0.243 e. The fourth-order valence-corrected chi connectivity index (χ4v) is 6.95. The van der Waals surface area contributed by atoms with Crippen LogP contribution in [0.4, 0.5) is 4.39 Å². The first kappa shape index (κ1) is 21.5. The Balaban J connectivity index is 1.27. The zero-order valence-corrected chi connectivity index (χ0v) is 19.9. The maximum atomic E-state index is 13.6. The molecule has 5 aromatic rings. The van der Waals surface area contributed by atoms with E-state index >= 15 is 0 Å². The molecule has 0 bridgehead atoms. The van der Waals surface area contributed by atoms with Crippen molar-refractivity contribution in [2.45, 2.75) is 30.2 Å². The van der Waals surface area contributed by atoms with Crippen LogP contribution in [0.2, 0.25) is 0 Å². The number of rotatable bonds is 7. The predicted octanol–water partition coefficient (Wildman–Crippen LogP) is 5.75. The Kier molecular flexibility index (Phi) is 5.24. The summed E-state index contributed by atoms with van der Waals surface area (Å²) < 4.78 is 44.1. The van der Waals surface area contributed by atoms with Gasteiger partial charge in [0.15, 0.2) is 4.96 Å². The number of halogens is 1. The third kappa shape index (κ3) is 3.91. The Morgan fingerprint density at radius 1 is 1.03 bits per heavy atom. The molecule has 2 aromatic heterocycles. The normalized spacial score (nSPS) is 14.4. The standard InChI is InChI=1S/C26H22FN3O2S2/c27-21-8-5-19(6-9-21)25-16-29-23(17-33-26(29)28-25)13-14-30(22-10-11-22)34(31,32)24-12-7-18-3-1-2-4-20(18)15-24/h1-9,12,15-17,22H,10-11,13-14H2. The number of aromatic nitrogens is 2. The van der Waals surface area contributed by atoms with Crippen LogP contribution in [-0.4, -0.2) is 34.7 Å². The number of imidazole rings is 1. The molecule has 34 heavy (non-hydrogen) atoms. The van der Waals surface area contributed by atoms with Crippen LogP contribution in [0.15, 0.2) is 83.2 Å². The van der Waals surface area contributed by atoms with Gasteiger partial charge in [0, 0.05) is 41.8 Å². The van der Waals surface area contributed by atoms with E-state index in [9.17, 15) is 12.8 Å².